The minimum Gasteiger partial charge on any atom is -0.478 e. The van der Waals surface area contributed by atoms with E-state index in [1.54, 1.807) is 6.07 Å². The summed E-state index contributed by atoms with van der Waals surface area (Å²) in [5, 5.41) is 11.1. The molecule has 1 aliphatic carbocycles. The van der Waals surface area contributed by atoms with Gasteiger partial charge in [0.25, 0.3) is 0 Å². The molecule has 0 radical (unpaired) electrons. The highest BCUT2D eigenvalue weighted by molar-refractivity contribution is 6.04. The van der Waals surface area contributed by atoms with Crippen LogP contribution in [-0.2, 0) is 19.4 Å². The SMILES string of the molecule is CCCCCCC1CCCc2c(n(Cc3cccc(C)c3)c3c(C(=O)O)cccc23)C1. The van der Waals surface area contributed by atoms with Crippen molar-refractivity contribution in [2.75, 3.05) is 0 Å². The third-order valence-corrected chi connectivity index (χ3v) is 6.95. The van der Waals surface area contributed by atoms with Gasteiger partial charge in [0.1, 0.15) is 0 Å². The lowest BCUT2D eigenvalue weighted by Gasteiger charge is -2.18. The second kappa shape index (κ2) is 9.72. The van der Waals surface area contributed by atoms with E-state index in [1.165, 1.54) is 67.3 Å². The number of nitrogens with zero attached hydrogens (tertiary/aromatic N) is 1. The molecule has 3 nitrogen and oxygen atoms in total. The van der Waals surface area contributed by atoms with Crippen molar-refractivity contribution in [2.45, 2.75) is 78.2 Å². The highest BCUT2D eigenvalue weighted by atomic mass is 16.4. The normalized spacial score (nSPS) is 16.3. The van der Waals surface area contributed by atoms with Gasteiger partial charge in [-0.25, -0.2) is 4.79 Å². The van der Waals surface area contributed by atoms with E-state index in [-0.39, 0.29) is 0 Å². The number of aromatic carboxylic acids is 1. The van der Waals surface area contributed by atoms with Gasteiger partial charge in [-0.15, -0.1) is 0 Å². The zero-order chi connectivity index (χ0) is 21.8. The Bertz CT molecular complexity index is 1060. The van der Waals surface area contributed by atoms with Crippen LogP contribution < -0.4 is 0 Å². The van der Waals surface area contributed by atoms with Gasteiger partial charge in [0.15, 0.2) is 0 Å². The second-order valence-electron chi connectivity index (χ2n) is 9.32. The monoisotopic (exact) mass is 417 g/mol. The summed E-state index contributed by atoms with van der Waals surface area (Å²) in [5.41, 5.74) is 6.59. The summed E-state index contributed by atoms with van der Waals surface area (Å²) in [6.45, 7) is 5.12. The fourth-order valence-electron chi connectivity index (χ4n) is 5.43. The Morgan fingerprint density at radius 2 is 1.97 bits per heavy atom. The average Bonchev–Trinajstić information content (AvgIpc) is 2.90. The number of hydrogen-bond donors (Lipinski definition) is 1. The standard InChI is InChI=1S/C28H35NO2/c1-3-4-5-6-11-21-12-8-14-23-24-15-9-16-25(28(30)31)27(24)29(26(23)18-21)19-22-13-7-10-20(2)17-22/h7,9-10,13,15-17,21H,3-6,8,11-12,14,18-19H2,1-2H3,(H,30,31). The van der Waals surface area contributed by atoms with Crippen molar-refractivity contribution >= 4 is 16.9 Å². The molecular formula is C28H35NO2. The average molecular weight is 418 g/mol. The molecule has 1 aromatic heterocycles. The molecule has 0 saturated heterocycles. The molecule has 0 aliphatic heterocycles. The number of fused-ring (bicyclic) bond motifs is 3. The first-order valence-corrected chi connectivity index (χ1v) is 12.0. The van der Waals surface area contributed by atoms with E-state index in [0.717, 1.165) is 30.3 Å². The fraction of sp³-hybridized carbons (Fsp3) is 0.464. The van der Waals surface area contributed by atoms with E-state index in [0.29, 0.717) is 11.5 Å². The van der Waals surface area contributed by atoms with Crippen molar-refractivity contribution in [1.82, 2.24) is 4.57 Å². The summed E-state index contributed by atoms with van der Waals surface area (Å²) in [5.74, 6) is -0.133. The maximum Gasteiger partial charge on any atom is 0.337 e. The van der Waals surface area contributed by atoms with Gasteiger partial charge >= 0.3 is 5.97 Å². The van der Waals surface area contributed by atoms with Crippen LogP contribution in [0.5, 0.6) is 0 Å². The number of carboxylic acid groups (broad SMARTS) is 1. The summed E-state index contributed by atoms with van der Waals surface area (Å²) >= 11 is 0. The molecule has 1 aliphatic rings. The van der Waals surface area contributed by atoms with Crippen molar-refractivity contribution in [2.24, 2.45) is 5.92 Å². The van der Waals surface area contributed by atoms with Gasteiger partial charge in [-0.2, -0.15) is 0 Å². The molecule has 1 unspecified atom stereocenters. The molecule has 2 aromatic carbocycles. The van der Waals surface area contributed by atoms with Gasteiger partial charge in [-0.3, -0.25) is 0 Å². The Labute approximate surface area is 186 Å². The van der Waals surface area contributed by atoms with Gasteiger partial charge in [0.05, 0.1) is 11.1 Å². The number of para-hydroxylation sites is 1. The minimum atomic E-state index is -0.833. The predicted octanol–water partition coefficient (Wildman–Crippen LogP) is 7.16. The lowest BCUT2D eigenvalue weighted by Crippen LogP contribution is -2.12. The molecule has 4 rings (SSSR count). The van der Waals surface area contributed by atoms with Crippen LogP contribution in [0.25, 0.3) is 10.9 Å². The van der Waals surface area contributed by atoms with Crippen molar-refractivity contribution < 1.29 is 9.90 Å². The lowest BCUT2D eigenvalue weighted by molar-refractivity contribution is 0.0698. The Morgan fingerprint density at radius 1 is 1.13 bits per heavy atom. The maximum atomic E-state index is 12.1. The third-order valence-electron chi connectivity index (χ3n) is 6.95. The zero-order valence-corrected chi connectivity index (χ0v) is 19.0. The Hall–Kier alpha value is -2.55. The minimum absolute atomic E-state index is 0.428. The van der Waals surface area contributed by atoms with E-state index in [2.05, 4.69) is 48.7 Å². The first kappa shape index (κ1) is 21.7. The number of carboxylic acids is 1. The van der Waals surface area contributed by atoms with Gasteiger partial charge in [-0.1, -0.05) is 81.0 Å². The molecule has 0 spiro atoms. The molecule has 0 bridgehead atoms. The molecule has 1 atom stereocenters. The van der Waals surface area contributed by atoms with Crippen LogP contribution in [0.3, 0.4) is 0 Å². The summed E-state index contributed by atoms with van der Waals surface area (Å²) in [4.78, 5) is 12.1. The number of aromatic nitrogens is 1. The first-order chi connectivity index (χ1) is 15.1. The predicted molar refractivity (Wildman–Crippen MR) is 128 cm³/mol. The number of hydrogen-bond acceptors (Lipinski definition) is 1. The Balaban J connectivity index is 1.77. The highest BCUT2D eigenvalue weighted by Crippen LogP contribution is 2.37. The molecule has 31 heavy (non-hydrogen) atoms. The fourth-order valence-corrected chi connectivity index (χ4v) is 5.43. The summed E-state index contributed by atoms with van der Waals surface area (Å²) < 4.78 is 2.34. The molecule has 3 aromatic rings. The van der Waals surface area contributed by atoms with Gasteiger partial charge < -0.3 is 9.67 Å². The van der Waals surface area contributed by atoms with Crippen LogP contribution in [-0.4, -0.2) is 15.6 Å². The maximum absolute atomic E-state index is 12.1. The van der Waals surface area contributed by atoms with Crippen LogP contribution in [0, 0.1) is 12.8 Å². The lowest BCUT2D eigenvalue weighted by atomic mass is 9.93. The van der Waals surface area contributed by atoms with E-state index < -0.39 is 5.97 Å². The van der Waals surface area contributed by atoms with Crippen molar-refractivity contribution in [3.8, 4) is 0 Å². The first-order valence-electron chi connectivity index (χ1n) is 12.0. The molecule has 3 heteroatoms. The molecular weight excluding hydrogens is 382 g/mol. The summed E-state index contributed by atoms with van der Waals surface area (Å²) in [6.07, 6.45) is 11.1. The van der Waals surface area contributed by atoms with E-state index in [4.69, 9.17) is 0 Å². The van der Waals surface area contributed by atoms with Crippen LogP contribution >= 0.6 is 0 Å². The van der Waals surface area contributed by atoms with E-state index in [1.807, 2.05) is 6.07 Å². The summed E-state index contributed by atoms with van der Waals surface area (Å²) in [6, 6.07) is 14.4. The Kier molecular flexibility index (Phi) is 6.80. The largest absolute Gasteiger partial charge is 0.478 e. The van der Waals surface area contributed by atoms with E-state index >= 15 is 0 Å². The van der Waals surface area contributed by atoms with Crippen LogP contribution in [0.2, 0.25) is 0 Å². The zero-order valence-electron chi connectivity index (χ0n) is 19.0. The number of aryl methyl sites for hydroxylation is 2. The van der Waals surface area contributed by atoms with Crippen LogP contribution in [0.15, 0.2) is 42.5 Å². The molecule has 0 fully saturated rings. The number of rotatable bonds is 8. The molecule has 1 N–H and O–H groups in total. The van der Waals surface area contributed by atoms with Gasteiger partial charge in [0, 0.05) is 17.6 Å². The topological polar surface area (TPSA) is 42.2 Å². The van der Waals surface area contributed by atoms with Crippen molar-refractivity contribution in [3.05, 3.63) is 70.4 Å². The second-order valence-corrected chi connectivity index (χ2v) is 9.32. The highest BCUT2D eigenvalue weighted by Gasteiger charge is 2.26. The molecule has 0 saturated carbocycles. The quantitative estimate of drug-likeness (QED) is 0.312. The molecule has 0 amide bonds. The Morgan fingerprint density at radius 3 is 2.74 bits per heavy atom. The van der Waals surface area contributed by atoms with E-state index in [9.17, 15) is 9.90 Å². The van der Waals surface area contributed by atoms with Crippen molar-refractivity contribution in [3.63, 3.8) is 0 Å². The van der Waals surface area contributed by atoms with Crippen molar-refractivity contribution in [1.29, 1.82) is 0 Å². The number of carbonyl (C=O) groups is 1. The summed E-state index contributed by atoms with van der Waals surface area (Å²) in [7, 11) is 0. The smallest absolute Gasteiger partial charge is 0.337 e. The third kappa shape index (κ3) is 4.71. The number of unbranched alkanes of at least 4 members (excludes halogenated alkanes) is 3. The molecule has 1 heterocycles. The van der Waals surface area contributed by atoms with Crippen LogP contribution in [0.4, 0.5) is 0 Å². The van der Waals surface area contributed by atoms with Gasteiger partial charge in [-0.05, 0) is 55.7 Å². The van der Waals surface area contributed by atoms with Gasteiger partial charge in [0.2, 0.25) is 0 Å². The molecule has 164 valence electrons. The number of benzene rings is 2. The van der Waals surface area contributed by atoms with Crippen LogP contribution in [0.1, 0.15) is 84.6 Å².